The highest BCUT2D eigenvalue weighted by molar-refractivity contribution is 6.32. The number of hydrogen-bond acceptors (Lipinski definition) is 5. The second kappa shape index (κ2) is 9.65. The zero-order valence-electron chi connectivity index (χ0n) is 16.5. The monoisotopic (exact) mass is 464 g/mol. The van der Waals surface area contributed by atoms with Crippen LogP contribution in [0.5, 0.6) is 11.6 Å². The third-order valence-corrected chi connectivity index (χ3v) is 4.34. The van der Waals surface area contributed by atoms with Gasteiger partial charge in [0.25, 0.3) is 0 Å². The van der Waals surface area contributed by atoms with E-state index in [-0.39, 0.29) is 24.0 Å². The van der Waals surface area contributed by atoms with Crippen molar-refractivity contribution in [3.05, 3.63) is 71.0 Å². The molecule has 0 atom stereocenters. The van der Waals surface area contributed by atoms with E-state index < -0.39 is 28.4 Å². The van der Waals surface area contributed by atoms with Crippen LogP contribution in [0.1, 0.15) is 18.1 Å². The molecule has 0 aliphatic carbocycles. The third-order valence-electron chi connectivity index (χ3n) is 4.03. The highest BCUT2D eigenvalue weighted by atomic mass is 35.5. The zero-order chi connectivity index (χ0) is 23.3. The number of hydrogen-bond donors (Lipinski definition) is 2. The van der Waals surface area contributed by atoms with Gasteiger partial charge in [0.05, 0.1) is 22.7 Å². The molecule has 166 valence electrons. The highest BCUT2D eigenvalue weighted by Crippen LogP contribution is 2.39. The summed E-state index contributed by atoms with van der Waals surface area (Å²) in [4.78, 5) is 31.2. The Hall–Kier alpha value is -3.66. The predicted octanol–water partition coefficient (Wildman–Crippen LogP) is 5.08. The minimum Gasteiger partial charge on any atom is -0.439 e. The minimum absolute atomic E-state index is 0.162. The van der Waals surface area contributed by atoms with E-state index in [1.165, 1.54) is 25.4 Å². The number of alkyl halides is 3. The largest absolute Gasteiger partial charge is 0.439 e. The molecule has 2 amide bonds. The smallest absolute Gasteiger partial charge is 0.419 e. The highest BCUT2D eigenvalue weighted by Gasteiger charge is 2.36. The SMILES string of the molecule is CC(=O)Nc1cc(Oc2ccc(CC(=O)Nc3cccc(Cl)c3C(F)(F)F)cc2)ncn1. The summed E-state index contributed by atoms with van der Waals surface area (Å²) in [7, 11) is 0. The molecule has 0 radical (unpaired) electrons. The maximum Gasteiger partial charge on any atom is 0.419 e. The molecule has 3 aromatic rings. The van der Waals surface area contributed by atoms with Gasteiger partial charge in [-0.25, -0.2) is 9.97 Å². The van der Waals surface area contributed by atoms with Crippen molar-refractivity contribution in [1.82, 2.24) is 9.97 Å². The number of amides is 2. The van der Waals surface area contributed by atoms with Crippen molar-refractivity contribution in [3.63, 3.8) is 0 Å². The van der Waals surface area contributed by atoms with Gasteiger partial charge in [0.1, 0.15) is 17.9 Å². The normalized spacial score (nSPS) is 11.0. The summed E-state index contributed by atoms with van der Waals surface area (Å²) in [5.74, 6) is -0.0691. The molecular weight excluding hydrogens is 449 g/mol. The fourth-order valence-corrected chi connectivity index (χ4v) is 3.02. The number of carbonyl (C=O) groups excluding carboxylic acids is 2. The molecule has 0 fully saturated rings. The molecule has 0 bridgehead atoms. The van der Waals surface area contributed by atoms with Gasteiger partial charge in [-0.15, -0.1) is 0 Å². The molecule has 3 rings (SSSR count). The van der Waals surface area contributed by atoms with E-state index in [4.69, 9.17) is 16.3 Å². The topological polar surface area (TPSA) is 93.2 Å². The standard InChI is InChI=1S/C21H16ClF3N4O3/c1-12(30)28-17-10-19(27-11-26-17)32-14-7-5-13(6-8-14)9-18(31)29-16-4-2-3-15(22)20(16)21(23,24)25/h2-8,10-11H,9H2,1H3,(H,29,31)(H,26,27,28,30). The number of anilines is 2. The molecule has 2 N–H and O–H groups in total. The van der Waals surface area contributed by atoms with E-state index in [0.717, 1.165) is 12.1 Å². The second-order valence-electron chi connectivity index (χ2n) is 6.55. The first-order valence-corrected chi connectivity index (χ1v) is 9.51. The number of nitrogens with one attached hydrogen (secondary N) is 2. The Balaban J connectivity index is 1.65. The van der Waals surface area contributed by atoms with Crippen molar-refractivity contribution in [2.75, 3.05) is 10.6 Å². The van der Waals surface area contributed by atoms with Crippen LogP contribution in [0.3, 0.4) is 0 Å². The van der Waals surface area contributed by atoms with Crippen molar-refractivity contribution < 1.29 is 27.5 Å². The van der Waals surface area contributed by atoms with Crippen LogP contribution in [0, 0.1) is 0 Å². The summed E-state index contributed by atoms with van der Waals surface area (Å²) in [5.41, 5.74) is -0.956. The van der Waals surface area contributed by atoms with E-state index in [0.29, 0.717) is 11.3 Å². The van der Waals surface area contributed by atoms with Crippen LogP contribution in [-0.2, 0) is 22.2 Å². The fraction of sp³-hybridized carbons (Fsp3) is 0.143. The summed E-state index contributed by atoms with van der Waals surface area (Å²) in [5, 5.41) is 4.26. The molecule has 0 aliphatic heterocycles. The van der Waals surface area contributed by atoms with E-state index in [9.17, 15) is 22.8 Å². The van der Waals surface area contributed by atoms with Crippen molar-refractivity contribution in [1.29, 1.82) is 0 Å². The van der Waals surface area contributed by atoms with E-state index in [2.05, 4.69) is 20.6 Å². The zero-order valence-corrected chi connectivity index (χ0v) is 17.3. The first-order chi connectivity index (χ1) is 15.1. The number of aromatic nitrogens is 2. The fourth-order valence-electron chi connectivity index (χ4n) is 2.74. The number of halogens is 4. The average Bonchev–Trinajstić information content (AvgIpc) is 2.68. The molecule has 11 heteroatoms. The molecule has 0 saturated carbocycles. The summed E-state index contributed by atoms with van der Waals surface area (Å²) >= 11 is 5.66. The molecule has 2 aromatic carbocycles. The van der Waals surface area contributed by atoms with Crippen LogP contribution in [0.25, 0.3) is 0 Å². The number of carbonyl (C=O) groups is 2. The van der Waals surface area contributed by atoms with Gasteiger partial charge in [-0.2, -0.15) is 13.2 Å². The Morgan fingerprint density at radius 2 is 1.78 bits per heavy atom. The van der Waals surface area contributed by atoms with Gasteiger partial charge in [-0.3, -0.25) is 9.59 Å². The van der Waals surface area contributed by atoms with Crippen LogP contribution >= 0.6 is 11.6 Å². The predicted molar refractivity (Wildman–Crippen MR) is 112 cm³/mol. The average molecular weight is 465 g/mol. The van der Waals surface area contributed by atoms with E-state index >= 15 is 0 Å². The van der Waals surface area contributed by atoms with Crippen molar-refractivity contribution >= 4 is 34.9 Å². The second-order valence-corrected chi connectivity index (χ2v) is 6.96. The van der Waals surface area contributed by atoms with Crippen molar-refractivity contribution in [3.8, 4) is 11.6 Å². The molecule has 1 aromatic heterocycles. The van der Waals surface area contributed by atoms with Gasteiger partial charge >= 0.3 is 6.18 Å². The first kappa shape index (κ1) is 23.0. The summed E-state index contributed by atoms with van der Waals surface area (Å²) in [6.07, 6.45) is -3.64. The van der Waals surface area contributed by atoms with Crippen LogP contribution < -0.4 is 15.4 Å². The van der Waals surface area contributed by atoms with Crippen molar-refractivity contribution in [2.45, 2.75) is 19.5 Å². The summed E-state index contributed by atoms with van der Waals surface area (Å²) < 4.78 is 45.2. The Kier molecular flexibility index (Phi) is 6.94. The van der Waals surface area contributed by atoms with Gasteiger partial charge in [0.15, 0.2) is 0 Å². The van der Waals surface area contributed by atoms with Gasteiger partial charge < -0.3 is 15.4 Å². The third kappa shape index (κ3) is 6.17. The lowest BCUT2D eigenvalue weighted by atomic mass is 10.1. The molecule has 1 heterocycles. The quantitative estimate of drug-likeness (QED) is 0.530. The van der Waals surface area contributed by atoms with Gasteiger partial charge in [0, 0.05) is 13.0 Å². The number of benzene rings is 2. The lowest BCUT2D eigenvalue weighted by molar-refractivity contribution is -0.136. The molecule has 0 saturated heterocycles. The molecule has 32 heavy (non-hydrogen) atoms. The van der Waals surface area contributed by atoms with Crippen molar-refractivity contribution in [2.24, 2.45) is 0 Å². The molecular formula is C21H16ClF3N4O3. The van der Waals surface area contributed by atoms with Crippen LogP contribution in [0.4, 0.5) is 24.7 Å². The van der Waals surface area contributed by atoms with Gasteiger partial charge in [-0.1, -0.05) is 29.8 Å². The lowest BCUT2D eigenvalue weighted by Crippen LogP contribution is -2.18. The number of nitrogens with zero attached hydrogens (tertiary/aromatic N) is 2. The van der Waals surface area contributed by atoms with Crippen LogP contribution in [0.2, 0.25) is 5.02 Å². The minimum atomic E-state index is -4.71. The Morgan fingerprint density at radius 1 is 1.06 bits per heavy atom. The Bertz CT molecular complexity index is 1140. The van der Waals surface area contributed by atoms with Gasteiger partial charge in [0.2, 0.25) is 17.7 Å². The lowest BCUT2D eigenvalue weighted by Gasteiger charge is -2.15. The number of rotatable bonds is 6. The maximum atomic E-state index is 13.2. The van der Waals surface area contributed by atoms with Gasteiger partial charge in [-0.05, 0) is 29.8 Å². The van der Waals surface area contributed by atoms with E-state index in [1.54, 1.807) is 24.3 Å². The Labute approximate surface area is 185 Å². The Morgan fingerprint density at radius 3 is 2.44 bits per heavy atom. The first-order valence-electron chi connectivity index (χ1n) is 9.14. The molecule has 0 unspecified atom stereocenters. The van der Waals surface area contributed by atoms with E-state index in [1.807, 2.05) is 0 Å². The van der Waals surface area contributed by atoms with Crippen LogP contribution in [-0.4, -0.2) is 21.8 Å². The molecule has 0 spiro atoms. The number of ether oxygens (including phenoxy) is 1. The molecule has 7 nitrogen and oxygen atoms in total. The van der Waals surface area contributed by atoms with Crippen LogP contribution in [0.15, 0.2) is 54.9 Å². The summed E-state index contributed by atoms with van der Waals surface area (Å²) in [6, 6.07) is 11.3. The maximum absolute atomic E-state index is 13.2. The molecule has 0 aliphatic rings. The summed E-state index contributed by atoms with van der Waals surface area (Å²) in [6.45, 7) is 1.34.